The lowest BCUT2D eigenvalue weighted by atomic mass is 10.2. The standard InChI is InChI=1S/C18H19F3N4O4/c19-18(20,21)12-1-3-13(4-2-12)22-17(29)24-9-7-23(8-10-24)16(28)11-25-14(26)5-6-15(25)27/h1-4H,5-11H2,(H,22,29). The molecule has 1 aromatic rings. The monoisotopic (exact) mass is 412 g/mol. The summed E-state index contributed by atoms with van der Waals surface area (Å²) in [4.78, 5) is 51.6. The number of imide groups is 1. The zero-order chi connectivity index (χ0) is 21.2. The fourth-order valence-electron chi connectivity index (χ4n) is 3.14. The minimum atomic E-state index is -4.45. The molecular formula is C18H19F3N4O4. The Morgan fingerprint density at radius 3 is 1.93 bits per heavy atom. The number of alkyl halides is 3. The summed E-state index contributed by atoms with van der Waals surface area (Å²) in [6.45, 7) is 0.612. The molecule has 0 spiro atoms. The van der Waals surface area contributed by atoms with Crippen LogP contribution in [0.5, 0.6) is 0 Å². The van der Waals surface area contributed by atoms with Crippen molar-refractivity contribution in [3.63, 3.8) is 0 Å². The van der Waals surface area contributed by atoms with Gasteiger partial charge in [-0.05, 0) is 24.3 Å². The van der Waals surface area contributed by atoms with E-state index in [-0.39, 0.29) is 69.0 Å². The number of hydrogen-bond donors (Lipinski definition) is 1. The van der Waals surface area contributed by atoms with E-state index >= 15 is 0 Å². The molecule has 0 bridgehead atoms. The number of piperazine rings is 1. The van der Waals surface area contributed by atoms with Gasteiger partial charge in [0, 0.05) is 44.7 Å². The van der Waals surface area contributed by atoms with Crippen LogP contribution in [-0.4, -0.2) is 71.2 Å². The number of urea groups is 1. The number of anilines is 1. The third-order valence-corrected chi connectivity index (χ3v) is 4.83. The van der Waals surface area contributed by atoms with Gasteiger partial charge in [0.2, 0.25) is 17.7 Å². The highest BCUT2D eigenvalue weighted by atomic mass is 19.4. The Kier molecular flexibility index (Phi) is 5.76. The fourth-order valence-corrected chi connectivity index (χ4v) is 3.14. The maximum Gasteiger partial charge on any atom is 0.416 e. The molecule has 11 heteroatoms. The lowest BCUT2D eigenvalue weighted by molar-refractivity contribution is -0.146. The Labute approximate surface area is 164 Å². The van der Waals surface area contributed by atoms with Crippen LogP contribution in [0.15, 0.2) is 24.3 Å². The Bertz CT molecular complexity index is 801. The quantitative estimate of drug-likeness (QED) is 0.763. The molecule has 1 N–H and O–H groups in total. The molecule has 0 radical (unpaired) electrons. The van der Waals surface area contributed by atoms with Crippen LogP contribution in [0.1, 0.15) is 18.4 Å². The largest absolute Gasteiger partial charge is 0.416 e. The number of hydrogen-bond acceptors (Lipinski definition) is 4. The summed E-state index contributed by atoms with van der Waals surface area (Å²) in [6, 6.07) is 3.62. The number of nitrogens with zero attached hydrogens (tertiary/aromatic N) is 3. The van der Waals surface area contributed by atoms with Crippen molar-refractivity contribution in [2.24, 2.45) is 0 Å². The Morgan fingerprint density at radius 2 is 1.41 bits per heavy atom. The number of carbonyl (C=O) groups excluding carboxylic acids is 4. The van der Waals surface area contributed by atoms with Gasteiger partial charge in [-0.15, -0.1) is 0 Å². The summed E-state index contributed by atoms with van der Waals surface area (Å²) >= 11 is 0. The molecule has 3 rings (SSSR count). The van der Waals surface area contributed by atoms with Crippen LogP contribution in [0.4, 0.5) is 23.7 Å². The molecule has 2 heterocycles. The zero-order valence-electron chi connectivity index (χ0n) is 15.4. The molecule has 2 aliphatic heterocycles. The van der Waals surface area contributed by atoms with Crippen molar-refractivity contribution in [1.82, 2.24) is 14.7 Å². The zero-order valence-corrected chi connectivity index (χ0v) is 15.4. The fraction of sp³-hybridized carbons (Fsp3) is 0.444. The molecule has 1 aromatic carbocycles. The van der Waals surface area contributed by atoms with Gasteiger partial charge in [0.25, 0.3) is 0 Å². The number of benzene rings is 1. The SMILES string of the molecule is O=C(CN1C(=O)CCC1=O)N1CCN(C(=O)Nc2ccc(C(F)(F)F)cc2)CC1. The van der Waals surface area contributed by atoms with E-state index in [9.17, 15) is 32.3 Å². The van der Waals surface area contributed by atoms with E-state index in [4.69, 9.17) is 0 Å². The van der Waals surface area contributed by atoms with E-state index in [1.807, 2.05) is 0 Å². The van der Waals surface area contributed by atoms with Crippen molar-refractivity contribution >= 4 is 29.4 Å². The molecule has 29 heavy (non-hydrogen) atoms. The van der Waals surface area contributed by atoms with Crippen LogP contribution in [0, 0.1) is 0 Å². The second-order valence-electron chi connectivity index (χ2n) is 6.75. The first kappa shape index (κ1) is 20.6. The first-order chi connectivity index (χ1) is 13.6. The molecule has 0 saturated carbocycles. The Balaban J connectivity index is 1.48. The second-order valence-corrected chi connectivity index (χ2v) is 6.75. The predicted molar refractivity (Wildman–Crippen MR) is 94.6 cm³/mol. The summed E-state index contributed by atoms with van der Waals surface area (Å²) in [7, 11) is 0. The molecule has 0 unspecified atom stereocenters. The second kappa shape index (κ2) is 8.10. The first-order valence-corrected chi connectivity index (χ1v) is 8.99. The van der Waals surface area contributed by atoms with Crippen molar-refractivity contribution < 1.29 is 32.3 Å². The van der Waals surface area contributed by atoms with E-state index in [0.717, 1.165) is 17.0 Å². The topological polar surface area (TPSA) is 90.0 Å². The van der Waals surface area contributed by atoms with Gasteiger partial charge in [0.15, 0.2) is 0 Å². The highest BCUT2D eigenvalue weighted by Gasteiger charge is 2.33. The molecule has 2 aliphatic rings. The highest BCUT2D eigenvalue weighted by molar-refractivity contribution is 6.04. The van der Waals surface area contributed by atoms with Gasteiger partial charge in [-0.3, -0.25) is 19.3 Å². The van der Waals surface area contributed by atoms with Gasteiger partial charge in [-0.2, -0.15) is 13.2 Å². The van der Waals surface area contributed by atoms with E-state index in [1.165, 1.54) is 21.9 Å². The van der Waals surface area contributed by atoms with Crippen molar-refractivity contribution in [3.8, 4) is 0 Å². The van der Waals surface area contributed by atoms with Gasteiger partial charge in [0.1, 0.15) is 6.54 Å². The summed E-state index contributed by atoms with van der Waals surface area (Å²) in [5, 5.41) is 2.52. The summed E-state index contributed by atoms with van der Waals surface area (Å²) in [6.07, 6.45) is -4.22. The third kappa shape index (κ3) is 4.84. The molecule has 0 atom stereocenters. The Hall–Kier alpha value is -3.11. The molecule has 2 saturated heterocycles. The Morgan fingerprint density at radius 1 is 0.897 bits per heavy atom. The van der Waals surface area contributed by atoms with Gasteiger partial charge in [0.05, 0.1) is 5.56 Å². The van der Waals surface area contributed by atoms with E-state index < -0.39 is 17.8 Å². The molecule has 156 valence electrons. The summed E-state index contributed by atoms with van der Waals surface area (Å²) in [5.74, 6) is -1.09. The van der Waals surface area contributed by atoms with E-state index in [1.54, 1.807) is 0 Å². The van der Waals surface area contributed by atoms with Crippen molar-refractivity contribution in [1.29, 1.82) is 0 Å². The van der Waals surface area contributed by atoms with Crippen molar-refractivity contribution in [2.75, 3.05) is 38.0 Å². The van der Waals surface area contributed by atoms with Gasteiger partial charge in [-0.1, -0.05) is 0 Å². The van der Waals surface area contributed by atoms with Crippen LogP contribution in [0.3, 0.4) is 0 Å². The van der Waals surface area contributed by atoms with Crippen LogP contribution >= 0.6 is 0 Å². The average molecular weight is 412 g/mol. The number of carbonyl (C=O) groups is 4. The molecule has 8 nitrogen and oxygen atoms in total. The van der Waals surface area contributed by atoms with Crippen LogP contribution in [-0.2, 0) is 20.6 Å². The third-order valence-electron chi connectivity index (χ3n) is 4.83. The van der Waals surface area contributed by atoms with Gasteiger partial charge in [-0.25, -0.2) is 4.79 Å². The molecule has 2 fully saturated rings. The maximum absolute atomic E-state index is 12.6. The summed E-state index contributed by atoms with van der Waals surface area (Å²) in [5.41, 5.74) is -0.579. The molecule has 0 aliphatic carbocycles. The minimum Gasteiger partial charge on any atom is -0.338 e. The number of nitrogens with one attached hydrogen (secondary N) is 1. The number of amides is 5. The first-order valence-electron chi connectivity index (χ1n) is 8.99. The van der Waals surface area contributed by atoms with Crippen LogP contribution < -0.4 is 5.32 Å². The van der Waals surface area contributed by atoms with Crippen molar-refractivity contribution in [2.45, 2.75) is 19.0 Å². The van der Waals surface area contributed by atoms with Crippen molar-refractivity contribution in [3.05, 3.63) is 29.8 Å². The average Bonchev–Trinajstić information content (AvgIpc) is 2.99. The number of rotatable bonds is 3. The predicted octanol–water partition coefficient (Wildman–Crippen LogP) is 1.53. The smallest absolute Gasteiger partial charge is 0.338 e. The van der Waals surface area contributed by atoms with Gasteiger partial charge < -0.3 is 15.1 Å². The highest BCUT2D eigenvalue weighted by Crippen LogP contribution is 2.29. The summed E-state index contributed by atoms with van der Waals surface area (Å²) < 4.78 is 37.7. The number of likely N-dealkylation sites (tertiary alicyclic amines) is 1. The maximum atomic E-state index is 12.6. The van der Waals surface area contributed by atoms with Gasteiger partial charge >= 0.3 is 12.2 Å². The van der Waals surface area contributed by atoms with Crippen LogP contribution in [0.25, 0.3) is 0 Å². The van der Waals surface area contributed by atoms with E-state index in [2.05, 4.69) is 5.32 Å². The molecular weight excluding hydrogens is 393 g/mol. The van der Waals surface area contributed by atoms with Crippen LogP contribution in [0.2, 0.25) is 0 Å². The lowest BCUT2D eigenvalue weighted by Gasteiger charge is -2.35. The molecule has 0 aromatic heterocycles. The molecule has 5 amide bonds. The van der Waals surface area contributed by atoms with E-state index in [0.29, 0.717) is 0 Å². The lowest BCUT2D eigenvalue weighted by Crippen LogP contribution is -2.53. The normalized spacial score (nSPS) is 17.7. The minimum absolute atomic E-state index is 0.115. The number of halogens is 3.